The minimum absolute atomic E-state index is 0.0689. The molecule has 8 nitrogen and oxygen atoms in total. The van der Waals surface area contributed by atoms with Gasteiger partial charge < -0.3 is 14.0 Å². The van der Waals surface area contributed by atoms with Crippen molar-refractivity contribution in [2.75, 3.05) is 7.05 Å². The van der Waals surface area contributed by atoms with E-state index in [0.717, 1.165) is 0 Å². The van der Waals surface area contributed by atoms with Crippen LogP contribution in [0.3, 0.4) is 0 Å². The fourth-order valence-corrected chi connectivity index (χ4v) is 2.14. The molecule has 0 saturated heterocycles. The number of nitrogens with zero attached hydrogens (tertiary/aromatic N) is 6. The molecule has 8 heteroatoms. The van der Waals surface area contributed by atoms with E-state index in [1.54, 1.807) is 47.5 Å². The highest BCUT2D eigenvalue weighted by Gasteiger charge is 2.21. The zero-order chi connectivity index (χ0) is 16.2. The summed E-state index contributed by atoms with van der Waals surface area (Å²) in [6.07, 6.45) is 6.67. The van der Waals surface area contributed by atoms with Crippen molar-refractivity contribution in [2.45, 2.75) is 19.5 Å². The molecule has 1 atom stereocenters. The molecule has 118 valence electrons. The highest BCUT2D eigenvalue weighted by molar-refractivity contribution is 5.79. The molecular weight excluding hydrogens is 296 g/mol. The molecule has 3 aromatic heterocycles. The number of rotatable bonds is 5. The molecule has 0 aromatic carbocycles. The van der Waals surface area contributed by atoms with Gasteiger partial charge in [-0.05, 0) is 19.1 Å². The Bertz CT molecular complexity index is 768. The van der Waals surface area contributed by atoms with Gasteiger partial charge in [0.15, 0.2) is 0 Å². The van der Waals surface area contributed by atoms with Crippen LogP contribution in [-0.4, -0.2) is 42.5 Å². The molecule has 0 spiro atoms. The van der Waals surface area contributed by atoms with Crippen molar-refractivity contribution in [3.63, 3.8) is 0 Å². The SMILES string of the molecule is C[C@@H](C(=O)N(C)Cc1nc(-c2ccccn2)no1)n1ccnc1. The highest BCUT2D eigenvalue weighted by atomic mass is 16.5. The van der Waals surface area contributed by atoms with Gasteiger partial charge in [-0.25, -0.2) is 4.98 Å². The van der Waals surface area contributed by atoms with Crippen molar-refractivity contribution < 1.29 is 9.32 Å². The molecule has 0 aliphatic rings. The van der Waals surface area contributed by atoms with Crippen LogP contribution in [0, 0.1) is 0 Å². The third-order valence-corrected chi connectivity index (χ3v) is 3.44. The van der Waals surface area contributed by atoms with Crippen LogP contribution in [-0.2, 0) is 11.3 Å². The molecule has 3 aromatic rings. The molecule has 0 N–H and O–H groups in total. The molecular formula is C15H16N6O2. The molecule has 0 aliphatic carbocycles. The van der Waals surface area contributed by atoms with E-state index >= 15 is 0 Å². The molecule has 0 unspecified atom stereocenters. The molecule has 0 bridgehead atoms. The standard InChI is InChI=1S/C15H16N6O2/c1-11(21-8-7-16-10-21)15(22)20(2)9-13-18-14(19-23-13)12-5-3-4-6-17-12/h3-8,10-11H,9H2,1-2H3/t11-/m0/s1. The second kappa shape index (κ2) is 6.39. The van der Waals surface area contributed by atoms with E-state index < -0.39 is 0 Å². The number of hydrogen-bond donors (Lipinski definition) is 0. The van der Waals surface area contributed by atoms with Crippen LogP contribution in [0.4, 0.5) is 0 Å². The molecule has 1 amide bonds. The van der Waals surface area contributed by atoms with Gasteiger partial charge in [0.1, 0.15) is 11.7 Å². The molecule has 23 heavy (non-hydrogen) atoms. The van der Waals surface area contributed by atoms with E-state index in [9.17, 15) is 4.79 Å². The summed E-state index contributed by atoms with van der Waals surface area (Å²) in [4.78, 5) is 26.3. The summed E-state index contributed by atoms with van der Waals surface area (Å²) in [5, 5.41) is 3.89. The summed E-state index contributed by atoms with van der Waals surface area (Å²) >= 11 is 0. The van der Waals surface area contributed by atoms with Gasteiger partial charge in [0.25, 0.3) is 0 Å². The zero-order valence-electron chi connectivity index (χ0n) is 12.8. The van der Waals surface area contributed by atoms with Crippen LogP contribution < -0.4 is 0 Å². The first-order valence-electron chi connectivity index (χ1n) is 7.11. The number of hydrogen-bond acceptors (Lipinski definition) is 6. The van der Waals surface area contributed by atoms with Gasteiger partial charge in [-0.3, -0.25) is 9.78 Å². The second-order valence-corrected chi connectivity index (χ2v) is 5.11. The number of imidazole rings is 1. The Labute approximate surface area is 132 Å². The topological polar surface area (TPSA) is 89.9 Å². The lowest BCUT2D eigenvalue weighted by Crippen LogP contribution is -2.32. The van der Waals surface area contributed by atoms with Crippen LogP contribution in [0.25, 0.3) is 11.5 Å². The van der Waals surface area contributed by atoms with Gasteiger partial charge in [0.2, 0.25) is 17.6 Å². The number of carbonyl (C=O) groups excluding carboxylic acids is 1. The van der Waals surface area contributed by atoms with Crippen LogP contribution in [0.5, 0.6) is 0 Å². The Balaban J connectivity index is 1.67. The summed E-state index contributed by atoms with van der Waals surface area (Å²) in [6.45, 7) is 2.05. The fraction of sp³-hybridized carbons (Fsp3) is 0.267. The Morgan fingerprint density at radius 3 is 2.96 bits per heavy atom. The van der Waals surface area contributed by atoms with E-state index in [2.05, 4.69) is 20.1 Å². The quantitative estimate of drug-likeness (QED) is 0.710. The first-order chi connectivity index (χ1) is 11.1. The van der Waals surface area contributed by atoms with Crippen LogP contribution in [0.15, 0.2) is 47.6 Å². The van der Waals surface area contributed by atoms with Gasteiger partial charge in [-0.2, -0.15) is 4.98 Å². The Morgan fingerprint density at radius 1 is 1.39 bits per heavy atom. The average Bonchev–Trinajstić information content (AvgIpc) is 3.26. The maximum absolute atomic E-state index is 12.4. The van der Waals surface area contributed by atoms with E-state index in [1.807, 2.05) is 19.1 Å². The Kier molecular flexibility index (Phi) is 4.13. The lowest BCUT2D eigenvalue weighted by molar-refractivity contribution is -0.133. The first kappa shape index (κ1) is 14.9. The van der Waals surface area contributed by atoms with Crippen molar-refractivity contribution in [1.82, 2.24) is 29.6 Å². The molecule has 0 aliphatic heterocycles. The van der Waals surface area contributed by atoms with E-state index in [1.165, 1.54) is 0 Å². The minimum atomic E-state index is -0.347. The van der Waals surface area contributed by atoms with E-state index in [-0.39, 0.29) is 18.5 Å². The van der Waals surface area contributed by atoms with Crippen molar-refractivity contribution in [1.29, 1.82) is 0 Å². The lowest BCUT2D eigenvalue weighted by Gasteiger charge is -2.20. The minimum Gasteiger partial charge on any atom is -0.337 e. The number of pyridine rings is 1. The third kappa shape index (κ3) is 3.25. The van der Waals surface area contributed by atoms with Gasteiger partial charge in [-0.15, -0.1) is 0 Å². The smallest absolute Gasteiger partial charge is 0.246 e. The van der Waals surface area contributed by atoms with Crippen LogP contribution in [0.1, 0.15) is 18.9 Å². The average molecular weight is 312 g/mol. The summed E-state index contributed by atoms with van der Waals surface area (Å²) in [5.41, 5.74) is 0.628. The zero-order valence-corrected chi connectivity index (χ0v) is 12.8. The maximum Gasteiger partial charge on any atom is 0.246 e. The van der Waals surface area contributed by atoms with Gasteiger partial charge in [0.05, 0.1) is 12.9 Å². The monoisotopic (exact) mass is 312 g/mol. The third-order valence-electron chi connectivity index (χ3n) is 3.44. The summed E-state index contributed by atoms with van der Waals surface area (Å²) < 4.78 is 6.94. The van der Waals surface area contributed by atoms with Gasteiger partial charge in [-0.1, -0.05) is 11.2 Å². The fourth-order valence-electron chi connectivity index (χ4n) is 2.14. The number of amides is 1. The Hall–Kier alpha value is -3.03. The molecule has 3 heterocycles. The predicted octanol–water partition coefficient (Wildman–Crippen LogP) is 1.55. The number of aromatic nitrogens is 5. The largest absolute Gasteiger partial charge is 0.337 e. The number of likely N-dealkylation sites (N-methyl/N-ethyl adjacent to an activating group) is 1. The highest BCUT2D eigenvalue weighted by Crippen LogP contribution is 2.14. The van der Waals surface area contributed by atoms with Crippen molar-refractivity contribution in [3.8, 4) is 11.5 Å². The summed E-state index contributed by atoms with van der Waals surface area (Å²) in [7, 11) is 1.69. The predicted molar refractivity (Wildman–Crippen MR) is 80.9 cm³/mol. The lowest BCUT2D eigenvalue weighted by atomic mass is 10.3. The van der Waals surface area contributed by atoms with Crippen molar-refractivity contribution in [3.05, 3.63) is 49.0 Å². The van der Waals surface area contributed by atoms with Crippen molar-refractivity contribution in [2.24, 2.45) is 0 Å². The summed E-state index contributed by atoms with van der Waals surface area (Å²) in [5.74, 6) is 0.698. The van der Waals surface area contributed by atoms with E-state index in [0.29, 0.717) is 17.4 Å². The Morgan fingerprint density at radius 2 is 2.26 bits per heavy atom. The number of carbonyl (C=O) groups is 1. The molecule has 0 radical (unpaired) electrons. The maximum atomic E-state index is 12.4. The molecule has 0 fully saturated rings. The molecule has 3 rings (SSSR count). The van der Waals surface area contributed by atoms with Crippen LogP contribution >= 0.6 is 0 Å². The first-order valence-corrected chi connectivity index (χ1v) is 7.11. The molecule has 0 saturated carbocycles. The van der Waals surface area contributed by atoms with Crippen LogP contribution in [0.2, 0.25) is 0 Å². The second-order valence-electron chi connectivity index (χ2n) is 5.11. The summed E-state index contributed by atoms with van der Waals surface area (Å²) in [6, 6.07) is 5.11. The van der Waals surface area contributed by atoms with Gasteiger partial charge in [0, 0.05) is 25.6 Å². The van der Waals surface area contributed by atoms with Crippen molar-refractivity contribution >= 4 is 5.91 Å². The van der Waals surface area contributed by atoms with E-state index in [4.69, 9.17) is 4.52 Å². The van der Waals surface area contributed by atoms with Gasteiger partial charge >= 0.3 is 0 Å². The normalized spacial score (nSPS) is 12.1.